The minimum Gasteiger partial charge on any atom is -0.383 e. The van der Waals surface area contributed by atoms with Crippen molar-refractivity contribution in [2.75, 3.05) is 25.7 Å². The summed E-state index contributed by atoms with van der Waals surface area (Å²) in [4.78, 5) is 0. The largest absolute Gasteiger partial charge is 0.383 e. The van der Waals surface area contributed by atoms with E-state index in [0.29, 0.717) is 23.9 Å². The molecule has 2 N–H and O–H groups in total. The Morgan fingerprint density at radius 3 is 2.82 bits per heavy atom. The minimum atomic E-state index is -3.16. The van der Waals surface area contributed by atoms with Gasteiger partial charge in [0, 0.05) is 13.4 Å². The van der Waals surface area contributed by atoms with Gasteiger partial charge in [-0.2, -0.15) is 5.10 Å². The van der Waals surface area contributed by atoms with Crippen molar-refractivity contribution >= 4 is 21.4 Å². The molecule has 1 unspecified atom stereocenters. The molecule has 0 radical (unpaired) electrons. The molecule has 1 aromatic rings. The Morgan fingerprint density at radius 2 is 2.29 bits per heavy atom. The number of hydrogen-bond acceptors (Lipinski definition) is 5. The highest BCUT2D eigenvalue weighted by Crippen LogP contribution is 2.22. The molecule has 17 heavy (non-hydrogen) atoms. The molecule has 8 heteroatoms. The van der Waals surface area contributed by atoms with Crippen LogP contribution in [0, 0.1) is 0 Å². The molecule has 0 aromatic carbocycles. The molecule has 0 aliphatic heterocycles. The maximum Gasteiger partial charge on any atom is 0.149 e. The van der Waals surface area contributed by atoms with Crippen LogP contribution in [0.15, 0.2) is 6.20 Å². The lowest BCUT2D eigenvalue weighted by Crippen LogP contribution is -2.25. The second-order valence-electron chi connectivity index (χ2n) is 3.79. The predicted octanol–water partition coefficient (Wildman–Crippen LogP) is 0.227. The fourth-order valence-electron chi connectivity index (χ4n) is 1.50. The molecule has 0 spiro atoms. The molecular weight excluding hydrogens is 266 g/mol. The number of methoxy groups -OCH3 is 1. The number of nitrogens with two attached hydrogens (primary N) is 1. The normalized spacial score (nSPS) is 13.9. The van der Waals surface area contributed by atoms with Gasteiger partial charge in [-0.25, -0.2) is 8.42 Å². The molecule has 0 aliphatic rings. The van der Waals surface area contributed by atoms with Crippen molar-refractivity contribution in [3.8, 4) is 0 Å². The molecule has 0 aliphatic carbocycles. The van der Waals surface area contributed by atoms with Crippen molar-refractivity contribution in [1.82, 2.24) is 9.78 Å². The van der Waals surface area contributed by atoms with Gasteiger partial charge >= 0.3 is 0 Å². The molecule has 1 heterocycles. The molecule has 0 amide bonds. The van der Waals surface area contributed by atoms with Gasteiger partial charge in [-0.3, -0.25) is 4.68 Å². The highest BCUT2D eigenvalue weighted by molar-refractivity contribution is 7.90. The van der Waals surface area contributed by atoms with Gasteiger partial charge in [0.25, 0.3) is 0 Å². The van der Waals surface area contributed by atoms with E-state index < -0.39 is 15.9 Å². The fourth-order valence-corrected chi connectivity index (χ4v) is 2.59. The van der Waals surface area contributed by atoms with Crippen LogP contribution < -0.4 is 5.73 Å². The number of aromatic nitrogens is 2. The average molecular weight is 282 g/mol. The van der Waals surface area contributed by atoms with Gasteiger partial charge in [-0.1, -0.05) is 11.6 Å². The topological polar surface area (TPSA) is 87.2 Å². The molecule has 0 bridgehead atoms. The number of sulfone groups is 1. The SMILES string of the molecule is COCCn1ncc(Cl)c1C(N)CS(C)(=O)=O. The van der Waals surface area contributed by atoms with E-state index in [9.17, 15) is 8.42 Å². The lowest BCUT2D eigenvalue weighted by molar-refractivity contribution is 0.182. The third kappa shape index (κ3) is 4.27. The Hall–Kier alpha value is -0.630. The van der Waals surface area contributed by atoms with E-state index in [2.05, 4.69) is 5.10 Å². The second kappa shape index (κ2) is 5.81. The molecule has 1 rings (SSSR count). The Labute approximate surface area is 106 Å². The summed E-state index contributed by atoms with van der Waals surface area (Å²) in [5.41, 5.74) is 6.36. The van der Waals surface area contributed by atoms with Gasteiger partial charge in [-0.15, -0.1) is 0 Å². The van der Waals surface area contributed by atoms with E-state index in [-0.39, 0.29) is 5.75 Å². The van der Waals surface area contributed by atoms with Gasteiger partial charge < -0.3 is 10.5 Å². The zero-order valence-electron chi connectivity index (χ0n) is 9.76. The minimum absolute atomic E-state index is 0.161. The summed E-state index contributed by atoms with van der Waals surface area (Å²) in [6.07, 6.45) is 2.59. The Morgan fingerprint density at radius 1 is 1.65 bits per heavy atom. The maximum atomic E-state index is 11.2. The van der Waals surface area contributed by atoms with Gasteiger partial charge in [0.2, 0.25) is 0 Å². The number of halogens is 1. The van der Waals surface area contributed by atoms with Crippen molar-refractivity contribution in [1.29, 1.82) is 0 Å². The van der Waals surface area contributed by atoms with E-state index in [1.54, 1.807) is 11.8 Å². The van der Waals surface area contributed by atoms with Gasteiger partial charge in [0.05, 0.1) is 41.9 Å². The summed E-state index contributed by atoms with van der Waals surface area (Å²) in [6, 6.07) is -0.683. The van der Waals surface area contributed by atoms with E-state index in [1.807, 2.05) is 0 Å². The number of hydrogen-bond donors (Lipinski definition) is 1. The lowest BCUT2D eigenvalue weighted by atomic mass is 10.2. The van der Waals surface area contributed by atoms with Gasteiger partial charge in [-0.05, 0) is 0 Å². The number of ether oxygens (including phenoxy) is 1. The Kier molecular flexibility index (Phi) is 4.93. The van der Waals surface area contributed by atoms with Crippen molar-refractivity contribution in [2.24, 2.45) is 5.73 Å². The van der Waals surface area contributed by atoms with Crippen LogP contribution in [0.4, 0.5) is 0 Å². The van der Waals surface area contributed by atoms with Crippen LogP contribution in [0.3, 0.4) is 0 Å². The maximum absolute atomic E-state index is 11.2. The Bertz CT molecular complexity index is 472. The van der Waals surface area contributed by atoms with Crippen LogP contribution >= 0.6 is 11.6 Å². The molecular formula is C9H16ClN3O3S. The van der Waals surface area contributed by atoms with Gasteiger partial charge in [0.1, 0.15) is 9.84 Å². The first-order valence-corrected chi connectivity index (χ1v) is 7.42. The molecule has 0 saturated heterocycles. The summed E-state index contributed by atoms with van der Waals surface area (Å²) in [5.74, 6) is -0.161. The van der Waals surface area contributed by atoms with E-state index >= 15 is 0 Å². The number of rotatable bonds is 6. The van der Waals surface area contributed by atoms with Crippen LogP contribution in [0.2, 0.25) is 5.02 Å². The van der Waals surface area contributed by atoms with Crippen molar-refractivity contribution in [2.45, 2.75) is 12.6 Å². The quantitative estimate of drug-likeness (QED) is 0.806. The Balaban J connectivity index is 2.91. The monoisotopic (exact) mass is 281 g/mol. The third-order valence-corrected chi connectivity index (χ3v) is 3.43. The molecule has 0 saturated carbocycles. The molecule has 98 valence electrons. The second-order valence-corrected chi connectivity index (χ2v) is 6.38. The molecule has 1 atom stereocenters. The van der Waals surface area contributed by atoms with Crippen LogP contribution in [0.25, 0.3) is 0 Å². The fraction of sp³-hybridized carbons (Fsp3) is 0.667. The standard InChI is InChI=1S/C9H16ClN3O3S/c1-16-4-3-13-9(7(10)5-12-13)8(11)6-17(2,14)15/h5,8H,3-4,6,11H2,1-2H3. The highest BCUT2D eigenvalue weighted by Gasteiger charge is 2.20. The van der Waals surface area contributed by atoms with E-state index in [1.165, 1.54) is 6.20 Å². The van der Waals surface area contributed by atoms with E-state index in [0.717, 1.165) is 6.26 Å². The van der Waals surface area contributed by atoms with Crippen LogP contribution in [-0.2, 0) is 21.1 Å². The number of nitrogens with zero attached hydrogens (tertiary/aromatic N) is 2. The smallest absolute Gasteiger partial charge is 0.149 e. The van der Waals surface area contributed by atoms with Crippen molar-refractivity contribution < 1.29 is 13.2 Å². The summed E-state index contributed by atoms with van der Waals surface area (Å²) < 4.78 is 28.9. The zero-order valence-corrected chi connectivity index (χ0v) is 11.3. The first kappa shape index (κ1) is 14.4. The highest BCUT2D eigenvalue weighted by atomic mass is 35.5. The summed E-state index contributed by atoms with van der Waals surface area (Å²) in [7, 11) is -1.59. The van der Waals surface area contributed by atoms with Gasteiger partial charge in [0.15, 0.2) is 0 Å². The van der Waals surface area contributed by atoms with E-state index in [4.69, 9.17) is 22.1 Å². The van der Waals surface area contributed by atoms with Crippen molar-refractivity contribution in [3.63, 3.8) is 0 Å². The van der Waals surface area contributed by atoms with Crippen LogP contribution in [0.1, 0.15) is 11.7 Å². The lowest BCUT2D eigenvalue weighted by Gasteiger charge is -2.13. The first-order valence-electron chi connectivity index (χ1n) is 4.98. The zero-order chi connectivity index (χ0) is 13.1. The average Bonchev–Trinajstić information content (AvgIpc) is 2.54. The van der Waals surface area contributed by atoms with Crippen LogP contribution in [-0.4, -0.2) is 43.9 Å². The molecule has 1 aromatic heterocycles. The van der Waals surface area contributed by atoms with Crippen LogP contribution in [0.5, 0.6) is 0 Å². The summed E-state index contributed by atoms with van der Waals surface area (Å²) >= 11 is 5.95. The molecule has 6 nitrogen and oxygen atoms in total. The summed E-state index contributed by atoms with van der Waals surface area (Å²) in [5, 5.41) is 4.41. The predicted molar refractivity (Wildman–Crippen MR) is 65.8 cm³/mol. The molecule has 0 fully saturated rings. The first-order chi connectivity index (χ1) is 7.85. The summed E-state index contributed by atoms with van der Waals surface area (Å²) in [6.45, 7) is 0.937. The van der Waals surface area contributed by atoms with Crippen molar-refractivity contribution in [3.05, 3.63) is 16.9 Å². The third-order valence-electron chi connectivity index (χ3n) is 2.17.